The van der Waals surface area contributed by atoms with Gasteiger partial charge in [-0.15, -0.1) is 22.7 Å². The number of Topliss-reactive ketones (excluding diaryl/α,β-unsaturated/α-hetero) is 2. The molecular weight excluding hydrogens is 528 g/mol. The van der Waals surface area contributed by atoms with Crippen molar-refractivity contribution in [3.8, 4) is 16.2 Å². The number of aryl methyl sites for hydroxylation is 2. The number of hydrogen-bond acceptors (Lipinski definition) is 7. The van der Waals surface area contributed by atoms with E-state index in [2.05, 4.69) is 10.3 Å². The third-order valence-corrected chi connectivity index (χ3v) is 8.47. The van der Waals surface area contributed by atoms with Gasteiger partial charge in [0, 0.05) is 36.5 Å². The third kappa shape index (κ3) is 7.37. The third-order valence-electron chi connectivity index (χ3n) is 6.29. The predicted molar refractivity (Wildman–Crippen MR) is 158 cm³/mol. The first-order chi connectivity index (χ1) is 18.7. The van der Waals surface area contributed by atoms with Crippen LogP contribution in [0.5, 0.6) is 5.75 Å². The van der Waals surface area contributed by atoms with Crippen LogP contribution >= 0.6 is 22.7 Å². The molecule has 0 saturated carbocycles. The fourth-order valence-electron chi connectivity index (χ4n) is 3.94. The van der Waals surface area contributed by atoms with E-state index in [-0.39, 0.29) is 29.8 Å². The van der Waals surface area contributed by atoms with Crippen LogP contribution in [-0.2, 0) is 17.8 Å². The lowest BCUT2D eigenvalue weighted by atomic mass is 10.0. The molecule has 0 aliphatic carbocycles. The summed E-state index contributed by atoms with van der Waals surface area (Å²) in [6.07, 6.45) is 0.940. The van der Waals surface area contributed by atoms with Gasteiger partial charge in [-0.3, -0.25) is 19.4 Å². The molecule has 0 atom stereocenters. The smallest absolute Gasteiger partial charge is 0.217 e. The highest BCUT2D eigenvalue weighted by molar-refractivity contribution is 7.16. The Labute approximate surface area is 236 Å². The zero-order valence-electron chi connectivity index (χ0n) is 22.1. The van der Waals surface area contributed by atoms with Crippen LogP contribution in [0, 0.1) is 6.92 Å². The Kier molecular flexibility index (Phi) is 9.22. The summed E-state index contributed by atoms with van der Waals surface area (Å²) in [6.45, 7) is 5.70. The molecule has 200 valence electrons. The van der Waals surface area contributed by atoms with Crippen molar-refractivity contribution in [2.24, 2.45) is 4.99 Å². The summed E-state index contributed by atoms with van der Waals surface area (Å²) in [5.74, 6) is -0.0758. The van der Waals surface area contributed by atoms with Gasteiger partial charge in [-0.25, -0.2) is 0 Å². The Hall–Kier alpha value is -3.88. The SMILES string of the molecule is CC(=O)NCc1ccc(CCC(=O)c2ccc(C(=O)CN=C(C)c3csc(-c4ccc(C)cc4)c3O)s2)cc1. The van der Waals surface area contributed by atoms with E-state index < -0.39 is 0 Å². The number of nitrogens with zero attached hydrogens (tertiary/aromatic N) is 1. The van der Waals surface area contributed by atoms with Gasteiger partial charge in [-0.05, 0) is 49.1 Å². The minimum Gasteiger partial charge on any atom is -0.506 e. The lowest BCUT2D eigenvalue weighted by Gasteiger charge is -2.04. The number of thiophene rings is 2. The molecule has 0 aliphatic heterocycles. The molecule has 0 spiro atoms. The highest BCUT2D eigenvalue weighted by Crippen LogP contribution is 2.38. The second-order valence-electron chi connectivity index (χ2n) is 9.33. The van der Waals surface area contributed by atoms with E-state index in [0.717, 1.165) is 27.1 Å². The molecule has 4 rings (SSSR count). The topological polar surface area (TPSA) is 95.8 Å². The molecule has 1 amide bonds. The second kappa shape index (κ2) is 12.8. The minimum absolute atomic E-state index is 0.00659. The summed E-state index contributed by atoms with van der Waals surface area (Å²) in [6, 6.07) is 19.1. The average molecular weight is 559 g/mol. The molecule has 2 heterocycles. The van der Waals surface area contributed by atoms with Gasteiger partial charge in [-0.1, -0.05) is 54.1 Å². The number of aromatic hydroxyl groups is 1. The van der Waals surface area contributed by atoms with E-state index in [1.165, 1.54) is 29.6 Å². The standard InChI is InChI=1S/C31H30N2O4S2/c1-19-4-11-24(12-5-19)31-30(37)25(18-38-31)20(2)32-17-27(36)29-15-14-28(39-29)26(35)13-10-22-6-8-23(9-7-22)16-33-21(3)34/h4-9,11-12,14-15,18,37H,10,13,16-17H2,1-3H3,(H,33,34). The van der Waals surface area contributed by atoms with Gasteiger partial charge in [0.1, 0.15) is 12.3 Å². The Morgan fingerprint density at radius 1 is 0.872 bits per heavy atom. The number of carbonyl (C=O) groups excluding carboxylic acids is 3. The van der Waals surface area contributed by atoms with Crippen LogP contribution in [0.2, 0.25) is 0 Å². The first kappa shape index (κ1) is 28.1. The van der Waals surface area contributed by atoms with Crippen molar-refractivity contribution in [1.82, 2.24) is 5.32 Å². The minimum atomic E-state index is -0.165. The van der Waals surface area contributed by atoms with Gasteiger partial charge in [-0.2, -0.15) is 0 Å². The van der Waals surface area contributed by atoms with Crippen LogP contribution in [-0.4, -0.2) is 34.8 Å². The zero-order valence-corrected chi connectivity index (χ0v) is 23.7. The maximum absolute atomic E-state index is 12.8. The van der Waals surface area contributed by atoms with Crippen LogP contribution in [0.1, 0.15) is 61.9 Å². The number of benzene rings is 2. The van der Waals surface area contributed by atoms with Gasteiger partial charge in [0.25, 0.3) is 0 Å². The fraction of sp³-hybridized carbons (Fsp3) is 0.226. The maximum atomic E-state index is 12.8. The summed E-state index contributed by atoms with van der Waals surface area (Å²) in [7, 11) is 0. The number of carbonyl (C=O) groups is 3. The van der Waals surface area contributed by atoms with Crippen LogP contribution in [0.15, 0.2) is 71.0 Å². The first-order valence-corrected chi connectivity index (χ1v) is 14.3. The van der Waals surface area contributed by atoms with Crippen molar-refractivity contribution in [2.45, 2.75) is 40.2 Å². The van der Waals surface area contributed by atoms with Crippen LogP contribution < -0.4 is 5.32 Å². The fourth-order valence-corrected chi connectivity index (χ4v) is 5.86. The molecule has 39 heavy (non-hydrogen) atoms. The van der Waals surface area contributed by atoms with Crippen LogP contribution in [0.25, 0.3) is 10.4 Å². The Morgan fingerprint density at radius 2 is 1.51 bits per heavy atom. The van der Waals surface area contributed by atoms with E-state index in [9.17, 15) is 19.5 Å². The molecule has 4 aromatic rings. The normalized spacial score (nSPS) is 11.4. The average Bonchev–Trinajstić information content (AvgIpc) is 3.58. The summed E-state index contributed by atoms with van der Waals surface area (Å²) in [5, 5.41) is 15.4. The first-order valence-electron chi connectivity index (χ1n) is 12.6. The van der Waals surface area contributed by atoms with Crippen molar-refractivity contribution in [3.05, 3.63) is 98.1 Å². The van der Waals surface area contributed by atoms with Gasteiger partial charge in [0.05, 0.1) is 14.6 Å². The number of nitrogens with one attached hydrogen (secondary N) is 1. The maximum Gasteiger partial charge on any atom is 0.217 e. The van der Waals surface area contributed by atoms with Crippen molar-refractivity contribution < 1.29 is 19.5 Å². The molecule has 8 heteroatoms. The van der Waals surface area contributed by atoms with Gasteiger partial charge in [0.2, 0.25) is 5.91 Å². The van der Waals surface area contributed by atoms with E-state index in [1.54, 1.807) is 19.1 Å². The Morgan fingerprint density at radius 3 is 2.18 bits per heavy atom. The van der Waals surface area contributed by atoms with E-state index in [0.29, 0.717) is 40.4 Å². The highest BCUT2D eigenvalue weighted by Gasteiger charge is 2.17. The number of hydrogen-bond donors (Lipinski definition) is 2. The highest BCUT2D eigenvalue weighted by atomic mass is 32.1. The molecular formula is C31H30N2O4S2. The van der Waals surface area contributed by atoms with Crippen LogP contribution in [0.3, 0.4) is 0 Å². The van der Waals surface area contributed by atoms with E-state index in [4.69, 9.17) is 0 Å². The monoisotopic (exact) mass is 558 g/mol. The molecule has 0 unspecified atom stereocenters. The predicted octanol–water partition coefficient (Wildman–Crippen LogP) is 6.63. The molecule has 0 bridgehead atoms. The summed E-state index contributed by atoms with van der Waals surface area (Å²) in [4.78, 5) is 42.8. The number of amides is 1. The van der Waals surface area contributed by atoms with Crippen molar-refractivity contribution >= 4 is 45.9 Å². The largest absolute Gasteiger partial charge is 0.506 e. The lowest BCUT2D eigenvalue weighted by Crippen LogP contribution is -2.18. The van der Waals surface area contributed by atoms with E-state index in [1.807, 2.05) is 60.8 Å². The van der Waals surface area contributed by atoms with Crippen molar-refractivity contribution in [1.29, 1.82) is 0 Å². The number of aliphatic imine (C=N–C) groups is 1. The lowest BCUT2D eigenvalue weighted by molar-refractivity contribution is -0.119. The quantitative estimate of drug-likeness (QED) is 0.159. The molecule has 6 nitrogen and oxygen atoms in total. The number of ketones is 2. The zero-order chi connectivity index (χ0) is 27.9. The Balaban J connectivity index is 1.32. The molecule has 2 aromatic heterocycles. The van der Waals surface area contributed by atoms with E-state index >= 15 is 0 Å². The molecule has 0 radical (unpaired) electrons. The van der Waals surface area contributed by atoms with Gasteiger partial charge >= 0.3 is 0 Å². The molecule has 2 aromatic carbocycles. The van der Waals surface area contributed by atoms with Gasteiger partial charge in [0.15, 0.2) is 11.6 Å². The summed E-state index contributed by atoms with van der Waals surface area (Å²) < 4.78 is 0. The van der Waals surface area contributed by atoms with Gasteiger partial charge < -0.3 is 10.4 Å². The van der Waals surface area contributed by atoms with Crippen molar-refractivity contribution in [2.75, 3.05) is 6.54 Å². The van der Waals surface area contributed by atoms with Crippen molar-refractivity contribution in [3.63, 3.8) is 0 Å². The summed E-state index contributed by atoms with van der Waals surface area (Å²) in [5.41, 5.74) is 5.33. The summed E-state index contributed by atoms with van der Waals surface area (Å²) >= 11 is 2.63. The molecule has 0 saturated heterocycles. The van der Waals surface area contributed by atoms with Crippen LogP contribution in [0.4, 0.5) is 0 Å². The molecule has 0 aliphatic rings. The second-order valence-corrected chi connectivity index (χ2v) is 11.3. The number of rotatable bonds is 11. The Bertz CT molecular complexity index is 1510. The molecule has 2 N–H and O–H groups in total. The molecule has 0 fully saturated rings.